The molecule has 1 aromatic heterocycles. The van der Waals surface area contributed by atoms with Gasteiger partial charge in [0.15, 0.2) is 5.17 Å². The van der Waals surface area contributed by atoms with Crippen molar-refractivity contribution >= 4 is 51.9 Å². The summed E-state index contributed by atoms with van der Waals surface area (Å²) in [5, 5.41) is 4.73. The van der Waals surface area contributed by atoms with Gasteiger partial charge in [-0.25, -0.2) is 14.4 Å². The van der Waals surface area contributed by atoms with E-state index in [1.807, 2.05) is 19.1 Å². The fourth-order valence-corrected chi connectivity index (χ4v) is 9.23. The predicted octanol–water partition coefficient (Wildman–Crippen LogP) is 6.50. The molecule has 2 saturated heterocycles. The van der Waals surface area contributed by atoms with Gasteiger partial charge >= 0.3 is 0 Å². The van der Waals surface area contributed by atoms with Gasteiger partial charge in [0.05, 0.1) is 11.1 Å². The lowest BCUT2D eigenvalue weighted by molar-refractivity contribution is -0.145. The number of carbonyl (C=O) groups is 2. The third-order valence-electron chi connectivity index (χ3n) is 10.4. The van der Waals surface area contributed by atoms with Crippen LogP contribution in [0.1, 0.15) is 77.0 Å². The van der Waals surface area contributed by atoms with Gasteiger partial charge in [0.2, 0.25) is 5.91 Å². The quantitative estimate of drug-likeness (QED) is 0.350. The summed E-state index contributed by atoms with van der Waals surface area (Å²) >= 11 is 13.6. The SMILES string of the molecule is CC[C@@H]1CNC2(CC2)CN1C(=O)[C@H]1CCCN1C(=O)C1=C(C(C)C)N2C(=N[C@@](C)(c3ccc(Cl)nc3)[C@H]2c2ccc(Cl)c(F)c2)S1. The molecular formula is C34H39Cl2FN6O2S. The molecule has 1 spiro atoms. The summed E-state index contributed by atoms with van der Waals surface area (Å²) in [6.45, 7) is 10.3. The number of rotatable bonds is 6. The number of nitrogens with zero attached hydrogens (tertiary/aromatic N) is 5. The molecule has 244 valence electrons. The third kappa shape index (κ3) is 5.24. The summed E-state index contributed by atoms with van der Waals surface area (Å²) in [6, 6.07) is 7.61. The molecule has 5 heterocycles. The first-order chi connectivity index (χ1) is 22.0. The van der Waals surface area contributed by atoms with Crippen molar-refractivity contribution in [2.75, 3.05) is 19.6 Å². The molecule has 1 aliphatic carbocycles. The number of halogens is 3. The highest BCUT2D eigenvalue weighted by molar-refractivity contribution is 8.18. The van der Waals surface area contributed by atoms with Crippen LogP contribution in [0.25, 0.3) is 0 Å². The maximum Gasteiger partial charge on any atom is 0.263 e. The first-order valence-corrected chi connectivity index (χ1v) is 17.8. The number of fused-ring (bicyclic) bond motifs is 1. The fraction of sp³-hybridized carbons (Fsp3) is 0.529. The van der Waals surface area contributed by atoms with Crippen molar-refractivity contribution in [1.82, 2.24) is 25.0 Å². The smallest absolute Gasteiger partial charge is 0.263 e. The normalized spacial score (nSPS) is 28.4. The van der Waals surface area contributed by atoms with Crippen LogP contribution >= 0.6 is 35.0 Å². The number of nitrogens with one attached hydrogen (secondary N) is 1. The zero-order chi connectivity index (χ0) is 32.5. The number of carbonyl (C=O) groups excluding carboxylic acids is 2. The molecule has 0 unspecified atom stereocenters. The van der Waals surface area contributed by atoms with E-state index in [-0.39, 0.29) is 34.3 Å². The van der Waals surface area contributed by atoms with Gasteiger partial charge in [-0.3, -0.25) is 9.59 Å². The minimum atomic E-state index is -0.864. The molecule has 4 aliphatic heterocycles. The van der Waals surface area contributed by atoms with E-state index in [1.165, 1.54) is 17.8 Å². The number of pyridine rings is 1. The lowest BCUT2D eigenvalue weighted by Crippen LogP contribution is -2.62. The molecule has 2 aromatic rings. The number of likely N-dealkylation sites (tertiary alicyclic amines) is 1. The van der Waals surface area contributed by atoms with Crippen LogP contribution in [0.5, 0.6) is 0 Å². The number of amides is 2. The van der Waals surface area contributed by atoms with Crippen molar-refractivity contribution in [3.8, 4) is 0 Å². The Kier molecular flexibility index (Phi) is 8.18. The molecule has 7 rings (SSSR count). The number of benzene rings is 1. The van der Waals surface area contributed by atoms with Gasteiger partial charge in [-0.2, -0.15) is 0 Å². The number of hydrogen-bond donors (Lipinski definition) is 1. The molecule has 0 radical (unpaired) electrons. The fourth-order valence-electron chi connectivity index (χ4n) is 7.64. The second-order valence-corrected chi connectivity index (χ2v) is 15.4. The highest BCUT2D eigenvalue weighted by Crippen LogP contribution is 2.56. The monoisotopic (exact) mass is 684 g/mol. The third-order valence-corrected chi connectivity index (χ3v) is 11.9. The van der Waals surface area contributed by atoms with Crippen molar-refractivity contribution < 1.29 is 14.0 Å². The van der Waals surface area contributed by atoms with Crippen molar-refractivity contribution in [2.45, 2.75) is 89.0 Å². The summed E-state index contributed by atoms with van der Waals surface area (Å²) in [5.74, 6) is -0.655. The maximum absolute atomic E-state index is 15.0. The summed E-state index contributed by atoms with van der Waals surface area (Å²) < 4.78 is 15.0. The summed E-state index contributed by atoms with van der Waals surface area (Å²) in [6.07, 6.45) is 6.19. The molecule has 1 N–H and O–H groups in total. The molecule has 12 heteroatoms. The molecule has 4 atom stereocenters. The Morgan fingerprint density at radius 2 is 1.96 bits per heavy atom. The average Bonchev–Trinajstić information content (AvgIpc) is 3.34. The first kappa shape index (κ1) is 31.9. The Hall–Kier alpha value is -2.66. The van der Waals surface area contributed by atoms with Crippen LogP contribution in [-0.2, 0) is 15.1 Å². The van der Waals surface area contributed by atoms with Crippen molar-refractivity contribution in [3.05, 3.63) is 74.3 Å². The number of aliphatic imine (C=N–C) groups is 1. The van der Waals surface area contributed by atoms with Gasteiger partial charge in [0.25, 0.3) is 5.91 Å². The van der Waals surface area contributed by atoms with Gasteiger partial charge in [-0.05, 0) is 80.5 Å². The zero-order valence-electron chi connectivity index (χ0n) is 26.5. The largest absolute Gasteiger partial charge is 0.335 e. The van der Waals surface area contributed by atoms with E-state index in [0.717, 1.165) is 43.5 Å². The van der Waals surface area contributed by atoms with Crippen molar-refractivity contribution in [1.29, 1.82) is 0 Å². The van der Waals surface area contributed by atoms with Crippen LogP contribution < -0.4 is 5.32 Å². The highest BCUT2D eigenvalue weighted by Gasteiger charge is 2.55. The van der Waals surface area contributed by atoms with Crippen molar-refractivity contribution in [3.63, 3.8) is 0 Å². The number of amidine groups is 1. The number of piperazine rings is 1. The second-order valence-electron chi connectivity index (χ2n) is 13.7. The van der Waals surface area contributed by atoms with Crippen LogP contribution in [0.2, 0.25) is 10.2 Å². The summed E-state index contributed by atoms with van der Waals surface area (Å²) in [4.78, 5) is 44.8. The minimum absolute atomic E-state index is 0.0381. The number of allylic oxidation sites excluding steroid dienone is 1. The van der Waals surface area contributed by atoms with E-state index >= 15 is 0 Å². The van der Waals surface area contributed by atoms with Crippen LogP contribution in [-0.4, -0.2) is 73.9 Å². The Balaban J connectivity index is 1.25. The van der Waals surface area contributed by atoms with E-state index in [9.17, 15) is 14.0 Å². The molecule has 3 fully saturated rings. The van der Waals surface area contributed by atoms with E-state index in [0.29, 0.717) is 40.3 Å². The maximum atomic E-state index is 15.0. The van der Waals surface area contributed by atoms with Gasteiger partial charge in [-0.1, -0.05) is 56.1 Å². The summed E-state index contributed by atoms with van der Waals surface area (Å²) in [5.41, 5.74) is 1.50. The van der Waals surface area contributed by atoms with Crippen LogP contribution in [0.15, 0.2) is 52.1 Å². The molecule has 1 aromatic carbocycles. The van der Waals surface area contributed by atoms with E-state index in [4.69, 9.17) is 28.2 Å². The Bertz CT molecular complexity index is 1650. The molecule has 8 nitrogen and oxygen atoms in total. The predicted molar refractivity (Wildman–Crippen MR) is 180 cm³/mol. The average molecular weight is 686 g/mol. The van der Waals surface area contributed by atoms with Gasteiger partial charge < -0.3 is 20.0 Å². The molecule has 2 amide bonds. The standard InChI is InChI=1S/C34H39Cl2FN6O2S/c1-5-22-17-39-34(12-13-34)18-42(22)30(44)25-7-6-14-41(25)31(45)28-27(19(2)3)43-29(20-8-10-23(35)24(37)15-20)33(4,40-32(43)46-28)21-9-11-26(36)38-16-21/h8-11,15-16,19,22,25,29,39H,5-7,12-14,17-18H2,1-4H3/t22-,25-,29-,33+/m1/s1. The molecule has 46 heavy (non-hydrogen) atoms. The molecule has 5 aliphatic rings. The highest BCUT2D eigenvalue weighted by atomic mass is 35.5. The topological polar surface area (TPSA) is 81.1 Å². The zero-order valence-corrected chi connectivity index (χ0v) is 28.9. The van der Waals surface area contributed by atoms with Crippen LogP contribution in [0, 0.1) is 11.7 Å². The summed E-state index contributed by atoms with van der Waals surface area (Å²) in [7, 11) is 0. The van der Waals surface area contributed by atoms with Gasteiger partial charge in [0, 0.05) is 48.7 Å². The molecular weight excluding hydrogens is 646 g/mol. The second kappa shape index (κ2) is 11.8. The van der Waals surface area contributed by atoms with Crippen LogP contribution in [0.4, 0.5) is 4.39 Å². The Labute approximate surface area is 283 Å². The Morgan fingerprint density at radius 1 is 1.17 bits per heavy atom. The van der Waals surface area contributed by atoms with Gasteiger partial charge in [0.1, 0.15) is 27.5 Å². The minimum Gasteiger partial charge on any atom is -0.335 e. The van der Waals surface area contributed by atoms with Gasteiger partial charge in [-0.15, -0.1) is 0 Å². The molecule has 1 saturated carbocycles. The van der Waals surface area contributed by atoms with E-state index in [2.05, 4.69) is 40.9 Å². The van der Waals surface area contributed by atoms with E-state index < -0.39 is 23.4 Å². The van der Waals surface area contributed by atoms with E-state index in [1.54, 1.807) is 23.2 Å². The number of hydrogen-bond acceptors (Lipinski definition) is 7. The lowest BCUT2D eigenvalue weighted by Gasteiger charge is -2.42. The number of thioether (sulfide) groups is 1. The van der Waals surface area contributed by atoms with Crippen LogP contribution in [0.3, 0.4) is 0 Å². The number of aromatic nitrogens is 1. The Morgan fingerprint density at radius 3 is 2.61 bits per heavy atom. The van der Waals surface area contributed by atoms with Crippen molar-refractivity contribution in [2.24, 2.45) is 10.9 Å². The molecule has 0 bridgehead atoms. The first-order valence-electron chi connectivity index (χ1n) is 16.2. The lowest BCUT2D eigenvalue weighted by atomic mass is 9.81.